The van der Waals surface area contributed by atoms with E-state index in [1.807, 2.05) is 30.3 Å². The molecule has 1 atom stereocenters. The molecular weight excluding hydrogens is 550 g/mol. The van der Waals surface area contributed by atoms with E-state index in [-0.39, 0.29) is 52.0 Å². The number of allylic oxidation sites excluding steroid dienone is 1. The standard InChI is InChI=1S/C29H25N3O8S/c1-4-38-28(34)25-17(2)31-27(33)24(13-19-11-8-12-39-19)41-29(31)30-26(25)20-14-22(37-3)23(15-21(20)32(35)36)40-16-18-9-6-5-7-10-18/h5-15,26H,4,16H2,1-3H3/b24-13+/t26-/m1/s1. The number of fused-ring (bicyclic) bond motifs is 1. The highest BCUT2D eigenvalue weighted by molar-refractivity contribution is 7.07. The fourth-order valence-corrected chi connectivity index (χ4v) is 5.51. The number of carbonyl (C=O) groups is 1. The molecule has 41 heavy (non-hydrogen) atoms. The summed E-state index contributed by atoms with van der Waals surface area (Å²) < 4.78 is 23.7. The first-order valence-electron chi connectivity index (χ1n) is 12.6. The molecule has 4 aromatic rings. The lowest BCUT2D eigenvalue weighted by molar-refractivity contribution is -0.385. The normalized spacial score (nSPS) is 14.8. The van der Waals surface area contributed by atoms with Crippen LogP contribution in [0.15, 0.2) is 80.6 Å². The van der Waals surface area contributed by atoms with E-state index in [4.69, 9.17) is 18.6 Å². The summed E-state index contributed by atoms with van der Waals surface area (Å²) in [4.78, 5) is 43.3. The maximum atomic E-state index is 13.3. The van der Waals surface area contributed by atoms with Crippen molar-refractivity contribution in [3.63, 3.8) is 0 Å². The average Bonchev–Trinajstić information content (AvgIpc) is 3.59. The van der Waals surface area contributed by atoms with Crippen molar-refractivity contribution in [2.24, 2.45) is 4.99 Å². The topological polar surface area (TPSA) is 135 Å². The summed E-state index contributed by atoms with van der Waals surface area (Å²) in [5.74, 6) is 0.108. The number of methoxy groups -OCH3 is 1. The van der Waals surface area contributed by atoms with Gasteiger partial charge in [-0.1, -0.05) is 41.7 Å². The third-order valence-corrected chi connectivity index (χ3v) is 7.38. The second-order valence-electron chi connectivity index (χ2n) is 8.89. The van der Waals surface area contributed by atoms with Crippen LogP contribution in [0.25, 0.3) is 11.8 Å². The molecule has 3 heterocycles. The summed E-state index contributed by atoms with van der Waals surface area (Å²) in [6, 6.07) is 14.3. The zero-order valence-corrected chi connectivity index (χ0v) is 23.2. The minimum absolute atomic E-state index is 0.00639. The summed E-state index contributed by atoms with van der Waals surface area (Å²) in [7, 11) is 1.42. The summed E-state index contributed by atoms with van der Waals surface area (Å²) in [5, 5.41) is 12.3. The minimum Gasteiger partial charge on any atom is -0.493 e. The molecule has 12 heteroatoms. The molecule has 11 nitrogen and oxygen atoms in total. The highest BCUT2D eigenvalue weighted by Gasteiger charge is 2.36. The molecule has 0 radical (unpaired) electrons. The lowest BCUT2D eigenvalue weighted by Gasteiger charge is -2.23. The van der Waals surface area contributed by atoms with Gasteiger partial charge >= 0.3 is 5.97 Å². The predicted octanol–water partition coefficient (Wildman–Crippen LogP) is 4.00. The molecular formula is C29H25N3O8S. The van der Waals surface area contributed by atoms with Crippen molar-refractivity contribution >= 4 is 34.8 Å². The van der Waals surface area contributed by atoms with Crippen molar-refractivity contribution in [3.05, 3.63) is 113 Å². The first-order chi connectivity index (χ1) is 19.8. The van der Waals surface area contributed by atoms with Crippen LogP contribution < -0.4 is 24.4 Å². The SMILES string of the molecule is CCOC(=O)C1=C(C)n2c(s/c(=C/c3ccco3)c2=O)=N[C@@H]1c1cc(OC)c(OCc2ccccc2)cc1[N+](=O)[O-]. The summed E-state index contributed by atoms with van der Waals surface area (Å²) in [6.45, 7) is 3.45. The van der Waals surface area contributed by atoms with Gasteiger partial charge in [-0.15, -0.1) is 0 Å². The van der Waals surface area contributed by atoms with Crippen LogP contribution in [0.5, 0.6) is 11.5 Å². The van der Waals surface area contributed by atoms with Crippen LogP contribution in [0.4, 0.5) is 5.69 Å². The Morgan fingerprint density at radius 1 is 1.20 bits per heavy atom. The van der Waals surface area contributed by atoms with Crippen molar-refractivity contribution in [3.8, 4) is 11.5 Å². The molecule has 1 aliphatic heterocycles. The van der Waals surface area contributed by atoms with Gasteiger partial charge in [-0.2, -0.15) is 0 Å². The highest BCUT2D eigenvalue weighted by Crippen LogP contribution is 2.43. The first kappa shape index (κ1) is 27.6. The van der Waals surface area contributed by atoms with E-state index < -0.39 is 22.5 Å². The van der Waals surface area contributed by atoms with Gasteiger partial charge in [0.1, 0.15) is 22.9 Å². The van der Waals surface area contributed by atoms with Gasteiger partial charge in [-0.3, -0.25) is 19.5 Å². The fourth-order valence-electron chi connectivity index (χ4n) is 4.49. The maximum Gasteiger partial charge on any atom is 0.338 e. The molecule has 0 aliphatic carbocycles. The summed E-state index contributed by atoms with van der Waals surface area (Å²) in [6.07, 6.45) is 3.06. The fraction of sp³-hybridized carbons (Fsp3) is 0.207. The van der Waals surface area contributed by atoms with Crippen LogP contribution >= 0.6 is 11.3 Å². The van der Waals surface area contributed by atoms with Gasteiger partial charge in [0.2, 0.25) is 0 Å². The monoisotopic (exact) mass is 575 g/mol. The lowest BCUT2D eigenvalue weighted by Crippen LogP contribution is -2.35. The van der Waals surface area contributed by atoms with Crippen LogP contribution in [-0.4, -0.2) is 29.2 Å². The molecule has 0 unspecified atom stereocenters. The van der Waals surface area contributed by atoms with Crippen LogP contribution in [0.1, 0.15) is 36.8 Å². The predicted molar refractivity (Wildman–Crippen MR) is 150 cm³/mol. The van der Waals surface area contributed by atoms with Crippen molar-refractivity contribution in [1.29, 1.82) is 0 Å². The Morgan fingerprint density at radius 2 is 1.98 bits per heavy atom. The quantitative estimate of drug-likeness (QED) is 0.166. The first-order valence-corrected chi connectivity index (χ1v) is 13.4. The zero-order chi connectivity index (χ0) is 29.1. The minimum atomic E-state index is -1.15. The van der Waals surface area contributed by atoms with Crippen molar-refractivity contribution in [1.82, 2.24) is 4.57 Å². The number of aromatic nitrogens is 1. The van der Waals surface area contributed by atoms with Gasteiger partial charge in [-0.25, -0.2) is 9.79 Å². The summed E-state index contributed by atoms with van der Waals surface area (Å²) in [5.41, 5.74) is 0.490. The Labute approximate surface area is 237 Å². The molecule has 0 saturated carbocycles. The van der Waals surface area contributed by atoms with Crippen molar-refractivity contribution in [2.45, 2.75) is 26.5 Å². The number of ether oxygens (including phenoxy) is 3. The Hall–Kier alpha value is -4.97. The average molecular weight is 576 g/mol. The van der Waals surface area contributed by atoms with Gasteiger partial charge in [0.15, 0.2) is 16.3 Å². The molecule has 0 fully saturated rings. The number of thiazole rings is 1. The van der Waals surface area contributed by atoms with E-state index in [2.05, 4.69) is 4.99 Å². The number of esters is 1. The number of nitro groups is 1. The number of furan rings is 1. The van der Waals surface area contributed by atoms with Gasteiger partial charge in [0, 0.05) is 11.8 Å². The van der Waals surface area contributed by atoms with E-state index in [9.17, 15) is 19.7 Å². The number of rotatable bonds is 9. The third-order valence-electron chi connectivity index (χ3n) is 6.40. The van der Waals surface area contributed by atoms with Crippen molar-refractivity contribution < 1.29 is 28.3 Å². The van der Waals surface area contributed by atoms with E-state index in [1.165, 1.54) is 30.1 Å². The number of benzene rings is 2. The molecule has 2 aromatic heterocycles. The van der Waals surface area contributed by atoms with E-state index in [1.54, 1.807) is 32.1 Å². The van der Waals surface area contributed by atoms with Crippen LogP contribution in [0, 0.1) is 10.1 Å². The molecule has 0 amide bonds. The molecule has 0 saturated heterocycles. The van der Waals surface area contributed by atoms with Gasteiger partial charge < -0.3 is 18.6 Å². The van der Waals surface area contributed by atoms with Crippen LogP contribution in [0.2, 0.25) is 0 Å². The second-order valence-corrected chi connectivity index (χ2v) is 9.90. The Morgan fingerprint density at radius 3 is 2.63 bits per heavy atom. The van der Waals surface area contributed by atoms with E-state index in [0.29, 0.717) is 10.3 Å². The third kappa shape index (κ3) is 5.41. The molecule has 5 rings (SSSR count). The number of hydrogen-bond acceptors (Lipinski definition) is 10. The van der Waals surface area contributed by atoms with Crippen LogP contribution in [0.3, 0.4) is 0 Å². The van der Waals surface area contributed by atoms with E-state index >= 15 is 0 Å². The van der Waals surface area contributed by atoms with Gasteiger partial charge in [-0.05, 0) is 37.6 Å². The number of hydrogen-bond donors (Lipinski definition) is 0. The molecule has 2 aromatic carbocycles. The Kier molecular flexibility index (Phi) is 7.83. The number of carbonyl (C=O) groups excluding carboxylic acids is 1. The molecule has 0 N–H and O–H groups in total. The van der Waals surface area contributed by atoms with Crippen LogP contribution in [-0.2, 0) is 16.1 Å². The molecule has 210 valence electrons. The van der Waals surface area contributed by atoms with Crippen molar-refractivity contribution in [2.75, 3.05) is 13.7 Å². The largest absolute Gasteiger partial charge is 0.493 e. The van der Waals surface area contributed by atoms with Gasteiger partial charge in [0.25, 0.3) is 11.2 Å². The lowest BCUT2D eigenvalue weighted by atomic mass is 9.94. The molecule has 0 bridgehead atoms. The molecule has 1 aliphatic rings. The number of nitrogens with zero attached hydrogens (tertiary/aromatic N) is 3. The smallest absolute Gasteiger partial charge is 0.338 e. The number of nitro benzene ring substituents is 1. The van der Waals surface area contributed by atoms with E-state index in [0.717, 1.165) is 16.9 Å². The maximum absolute atomic E-state index is 13.3. The van der Waals surface area contributed by atoms with Gasteiger partial charge in [0.05, 0.1) is 42.1 Å². The second kappa shape index (κ2) is 11.6. The Bertz CT molecular complexity index is 1820. The summed E-state index contributed by atoms with van der Waals surface area (Å²) >= 11 is 1.08. The highest BCUT2D eigenvalue weighted by atomic mass is 32.1. The Balaban J connectivity index is 1.69. The zero-order valence-electron chi connectivity index (χ0n) is 22.4. The molecule has 0 spiro atoms.